The first-order valence-corrected chi connectivity index (χ1v) is 7.11. The minimum atomic E-state index is -0.00646. The fourth-order valence-electron chi connectivity index (χ4n) is 1.49. The molecule has 0 aliphatic rings. The lowest BCUT2D eigenvalue weighted by molar-refractivity contribution is 0.0992. The van der Waals surface area contributed by atoms with Crippen LogP contribution < -0.4 is 0 Å². The number of rotatable bonds is 3. The Morgan fingerprint density at radius 3 is 2.56 bits per heavy atom. The van der Waals surface area contributed by atoms with Crippen molar-refractivity contribution in [3.63, 3.8) is 0 Å². The predicted molar refractivity (Wildman–Crippen MR) is 79.1 cm³/mol. The Kier molecular flexibility index (Phi) is 4.54. The number of aromatic nitrogens is 1. The van der Waals surface area contributed by atoms with E-state index in [0.29, 0.717) is 10.6 Å². The Morgan fingerprint density at radius 1 is 1.17 bits per heavy atom. The monoisotopic (exact) mass is 387 g/mol. The average Bonchev–Trinajstić information content (AvgIpc) is 2.31. The number of Topliss-reactive ketones (excluding diaryl/α,β-unsaturated/α-hetero) is 1. The summed E-state index contributed by atoms with van der Waals surface area (Å²) in [5.41, 5.74) is 1.32. The maximum atomic E-state index is 12.1. The smallest absolute Gasteiger partial charge is 0.168 e. The van der Waals surface area contributed by atoms with Gasteiger partial charge in [0.05, 0.1) is 6.42 Å². The van der Waals surface area contributed by atoms with Crippen LogP contribution in [0.5, 0.6) is 0 Å². The second-order valence-electron chi connectivity index (χ2n) is 3.73. The SMILES string of the molecule is O=C(Cc1ccc(Br)cn1)c1cc(Cl)cc(Br)c1. The zero-order chi connectivity index (χ0) is 13.1. The molecule has 0 unspecified atom stereocenters. The summed E-state index contributed by atoms with van der Waals surface area (Å²) in [6.45, 7) is 0. The third-order valence-electron chi connectivity index (χ3n) is 2.31. The standard InChI is InChI=1S/C13H8Br2ClNO/c14-9-1-2-12(17-7-9)6-13(18)8-3-10(15)5-11(16)4-8/h1-5,7H,6H2. The third-order valence-corrected chi connectivity index (χ3v) is 3.46. The molecular weight excluding hydrogens is 381 g/mol. The van der Waals surface area contributed by atoms with Gasteiger partial charge in [-0.2, -0.15) is 0 Å². The predicted octanol–water partition coefficient (Wildman–Crippen LogP) is 4.69. The normalized spacial score (nSPS) is 10.4. The second-order valence-corrected chi connectivity index (χ2v) is 5.99. The van der Waals surface area contributed by atoms with Gasteiger partial charge in [0, 0.05) is 31.4 Å². The summed E-state index contributed by atoms with van der Waals surface area (Å²) in [7, 11) is 0. The molecule has 1 heterocycles. The van der Waals surface area contributed by atoms with Crippen LogP contribution in [0.25, 0.3) is 0 Å². The molecule has 0 fully saturated rings. The first-order chi connectivity index (χ1) is 8.54. The Morgan fingerprint density at radius 2 is 1.94 bits per heavy atom. The molecule has 0 amide bonds. The first kappa shape index (κ1) is 13.7. The van der Waals surface area contributed by atoms with Gasteiger partial charge in [-0.1, -0.05) is 27.5 Å². The van der Waals surface area contributed by atoms with Crippen LogP contribution in [0.3, 0.4) is 0 Å². The molecule has 0 radical (unpaired) electrons. The van der Waals surface area contributed by atoms with Crippen molar-refractivity contribution < 1.29 is 4.79 Å². The van der Waals surface area contributed by atoms with Crippen molar-refractivity contribution in [1.29, 1.82) is 0 Å². The molecule has 18 heavy (non-hydrogen) atoms. The summed E-state index contributed by atoms with van der Waals surface area (Å²) in [6.07, 6.45) is 1.94. The first-order valence-electron chi connectivity index (χ1n) is 5.14. The van der Waals surface area contributed by atoms with E-state index in [1.165, 1.54) is 0 Å². The van der Waals surface area contributed by atoms with Gasteiger partial charge < -0.3 is 0 Å². The van der Waals surface area contributed by atoms with Gasteiger partial charge in [-0.3, -0.25) is 9.78 Å². The van der Waals surface area contributed by atoms with Crippen molar-refractivity contribution in [1.82, 2.24) is 4.98 Å². The molecule has 2 nitrogen and oxygen atoms in total. The Bertz CT molecular complexity index is 564. The van der Waals surface area contributed by atoms with Crippen LogP contribution in [0.4, 0.5) is 0 Å². The Balaban J connectivity index is 2.19. The minimum absolute atomic E-state index is 0.00646. The second kappa shape index (κ2) is 5.95. The van der Waals surface area contributed by atoms with Crippen molar-refractivity contribution >= 4 is 49.2 Å². The quantitative estimate of drug-likeness (QED) is 0.713. The van der Waals surface area contributed by atoms with Gasteiger partial charge >= 0.3 is 0 Å². The molecular formula is C13H8Br2ClNO. The van der Waals surface area contributed by atoms with E-state index in [2.05, 4.69) is 36.8 Å². The van der Waals surface area contributed by atoms with Crippen LogP contribution in [0.15, 0.2) is 45.5 Å². The van der Waals surface area contributed by atoms with Gasteiger partial charge in [0.2, 0.25) is 0 Å². The summed E-state index contributed by atoms with van der Waals surface area (Å²) >= 11 is 12.5. The summed E-state index contributed by atoms with van der Waals surface area (Å²) in [5.74, 6) is -0.00646. The zero-order valence-electron chi connectivity index (χ0n) is 9.16. The highest BCUT2D eigenvalue weighted by atomic mass is 79.9. The average molecular weight is 389 g/mol. The molecule has 0 spiro atoms. The van der Waals surface area contributed by atoms with Crippen molar-refractivity contribution in [3.8, 4) is 0 Å². The number of benzene rings is 1. The summed E-state index contributed by atoms with van der Waals surface area (Å²) in [4.78, 5) is 16.2. The number of nitrogens with zero attached hydrogens (tertiary/aromatic N) is 1. The van der Waals surface area contributed by atoms with E-state index in [0.717, 1.165) is 14.6 Å². The number of hydrogen-bond acceptors (Lipinski definition) is 2. The molecule has 1 aromatic heterocycles. The molecule has 0 bridgehead atoms. The van der Waals surface area contributed by atoms with E-state index in [9.17, 15) is 4.79 Å². The highest BCUT2D eigenvalue weighted by molar-refractivity contribution is 9.10. The summed E-state index contributed by atoms with van der Waals surface area (Å²) in [6, 6.07) is 8.85. The number of ketones is 1. The van der Waals surface area contributed by atoms with E-state index >= 15 is 0 Å². The minimum Gasteiger partial charge on any atom is -0.294 e. The third kappa shape index (κ3) is 3.64. The van der Waals surface area contributed by atoms with Gasteiger partial charge in [0.1, 0.15) is 0 Å². The van der Waals surface area contributed by atoms with Gasteiger partial charge in [-0.25, -0.2) is 0 Å². The maximum Gasteiger partial charge on any atom is 0.168 e. The number of halogens is 3. The summed E-state index contributed by atoms with van der Waals surface area (Å²) in [5, 5.41) is 0.538. The Hall–Kier alpha value is -0.710. The molecule has 0 saturated carbocycles. The zero-order valence-corrected chi connectivity index (χ0v) is 13.1. The number of pyridine rings is 1. The van der Waals surface area contributed by atoms with Gasteiger partial charge in [-0.15, -0.1) is 0 Å². The highest BCUT2D eigenvalue weighted by Gasteiger charge is 2.09. The van der Waals surface area contributed by atoms with Crippen LogP contribution in [0.2, 0.25) is 5.02 Å². The van der Waals surface area contributed by atoms with Crippen molar-refractivity contribution in [2.75, 3.05) is 0 Å². The van der Waals surface area contributed by atoms with Crippen molar-refractivity contribution in [2.24, 2.45) is 0 Å². The van der Waals surface area contributed by atoms with Crippen LogP contribution in [-0.4, -0.2) is 10.8 Å². The molecule has 0 N–H and O–H groups in total. The lowest BCUT2D eigenvalue weighted by Crippen LogP contribution is -2.05. The van der Waals surface area contributed by atoms with Gasteiger partial charge in [0.25, 0.3) is 0 Å². The fraction of sp³-hybridized carbons (Fsp3) is 0.0769. The molecule has 0 saturated heterocycles. The summed E-state index contributed by atoms with van der Waals surface area (Å²) < 4.78 is 1.69. The largest absolute Gasteiger partial charge is 0.294 e. The van der Waals surface area contributed by atoms with Crippen LogP contribution in [-0.2, 0) is 6.42 Å². The molecule has 2 aromatic rings. The lowest BCUT2D eigenvalue weighted by Gasteiger charge is -2.03. The molecule has 0 aliphatic carbocycles. The molecule has 92 valence electrons. The van der Waals surface area contributed by atoms with E-state index in [1.807, 2.05) is 12.1 Å². The molecule has 1 aromatic carbocycles. The van der Waals surface area contributed by atoms with Crippen molar-refractivity contribution in [3.05, 3.63) is 61.8 Å². The molecule has 2 rings (SSSR count). The number of carbonyl (C=O) groups excluding carboxylic acids is 1. The Labute approximate surface area is 127 Å². The van der Waals surface area contributed by atoms with E-state index < -0.39 is 0 Å². The molecule has 0 atom stereocenters. The lowest BCUT2D eigenvalue weighted by atomic mass is 10.1. The van der Waals surface area contributed by atoms with E-state index in [4.69, 9.17) is 11.6 Å². The van der Waals surface area contributed by atoms with E-state index in [1.54, 1.807) is 24.4 Å². The van der Waals surface area contributed by atoms with Crippen LogP contribution in [0.1, 0.15) is 16.1 Å². The van der Waals surface area contributed by atoms with Gasteiger partial charge in [-0.05, 0) is 46.3 Å². The molecule has 0 aliphatic heterocycles. The highest BCUT2D eigenvalue weighted by Crippen LogP contribution is 2.20. The van der Waals surface area contributed by atoms with E-state index in [-0.39, 0.29) is 12.2 Å². The maximum absolute atomic E-state index is 12.1. The fourth-order valence-corrected chi connectivity index (χ4v) is 2.59. The van der Waals surface area contributed by atoms with Gasteiger partial charge in [0.15, 0.2) is 5.78 Å². The van der Waals surface area contributed by atoms with Crippen molar-refractivity contribution in [2.45, 2.75) is 6.42 Å². The molecule has 5 heteroatoms. The number of carbonyl (C=O) groups is 1. The topological polar surface area (TPSA) is 30.0 Å². The number of hydrogen-bond donors (Lipinski definition) is 0. The van der Waals surface area contributed by atoms with Crippen LogP contribution in [0, 0.1) is 0 Å². The van der Waals surface area contributed by atoms with Crippen LogP contribution >= 0.6 is 43.5 Å².